The Kier molecular flexibility index (Phi) is 6.80. The van der Waals surface area contributed by atoms with Crippen LogP contribution in [0.5, 0.6) is 0 Å². The van der Waals surface area contributed by atoms with E-state index in [-0.39, 0.29) is 0 Å². The molecule has 62 heavy (non-hydrogen) atoms. The van der Waals surface area contributed by atoms with Gasteiger partial charge in [0.25, 0.3) is 0 Å². The average Bonchev–Trinajstić information content (AvgIpc) is 4.06. The summed E-state index contributed by atoms with van der Waals surface area (Å²) in [5.74, 6) is 0. The minimum Gasteiger partial charge on any atom is -0.309 e. The van der Waals surface area contributed by atoms with Gasteiger partial charge in [0.05, 0.1) is 55.5 Å². The van der Waals surface area contributed by atoms with Crippen LogP contribution < -0.4 is 0 Å². The number of hydrogen-bond donors (Lipinski definition) is 0. The van der Waals surface area contributed by atoms with Crippen molar-refractivity contribution in [1.29, 1.82) is 0 Å². The molecule has 0 aliphatic carbocycles. The summed E-state index contributed by atoms with van der Waals surface area (Å²) in [5.41, 5.74) is 14.3. The maximum atomic E-state index is 2.50. The molecule has 14 rings (SSSR count). The van der Waals surface area contributed by atoms with Crippen LogP contribution in [0.2, 0.25) is 0 Å². The summed E-state index contributed by atoms with van der Waals surface area (Å²) in [6, 6.07) is 80.0. The lowest BCUT2D eigenvalue weighted by atomic mass is 10.0. The normalized spacial score (nSPS) is 12.2. The van der Waals surface area contributed by atoms with E-state index in [1.165, 1.54) is 98.0 Å². The Morgan fingerprint density at radius 2 is 0.452 bits per heavy atom. The molecule has 0 N–H and O–H groups in total. The fraction of sp³-hybridized carbons (Fsp3) is 0. The van der Waals surface area contributed by atoms with Crippen LogP contribution in [0.15, 0.2) is 218 Å². The summed E-state index contributed by atoms with van der Waals surface area (Å²) in [7, 11) is 0. The number of aromatic nitrogens is 4. The Balaban J connectivity index is 1.06. The Morgan fingerprint density at radius 1 is 0.177 bits per heavy atom. The van der Waals surface area contributed by atoms with Gasteiger partial charge in [-0.15, -0.1) is 0 Å². The zero-order valence-electron chi connectivity index (χ0n) is 33.6. The predicted molar refractivity (Wildman–Crippen MR) is 261 cm³/mol. The molecule has 0 bridgehead atoms. The van der Waals surface area contributed by atoms with Gasteiger partial charge in [-0.1, -0.05) is 133 Å². The standard InChI is InChI=1S/C58H36N4/c1-3-17-37(18-4-1)59-47-27-11-7-21-41(47)55-51(59)33-35-53-57(55)43-23-9-13-29-49(43)61(53)45-31-15-26-40-39(45)25-16-32-46(40)62-50-30-14-10-24-44(50)58-54(62)36-34-52-56(58)42-22-8-12-28-48(42)60(52)38-19-5-2-6-20-38/h1-36H. The highest BCUT2D eigenvalue weighted by Crippen LogP contribution is 2.46. The summed E-state index contributed by atoms with van der Waals surface area (Å²) in [5, 5.41) is 12.5. The van der Waals surface area contributed by atoms with Gasteiger partial charge < -0.3 is 18.3 Å². The second kappa shape index (κ2) is 12.6. The predicted octanol–water partition coefficient (Wildman–Crippen LogP) is 15.2. The van der Waals surface area contributed by atoms with Gasteiger partial charge in [0.2, 0.25) is 0 Å². The zero-order valence-corrected chi connectivity index (χ0v) is 33.6. The van der Waals surface area contributed by atoms with Gasteiger partial charge in [-0.2, -0.15) is 0 Å². The van der Waals surface area contributed by atoms with Crippen LogP contribution in [0.25, 0.3) is 121 Å². The molecular weight excluding hydrogens is 753 g/mol. The van der Waals surface area contributed by atoms with Gasteiger partial charge in [0.15, 0.2) is 0 Å². The lowest BCUT2D eigenvalue weighted by molar-refractivity contribution is 1.17. The molecule has 10 aromatic carbocycles. The maximum absolute atomic E-state index is 2.50. The Labute approximate surface area is 355 Å². The molecule has 0 saturated carbocycles. The zero-order chi connectivity index (χ0) is 40.5. The lowest BCUT2D eigenvalue weighted by Crippen LogP contribution is -1.99. The first-order chi connectivity index (χ1) is 30.8. The maximum Gasteiger partial charge on any atom is 0.0549 e. The number of hydrogen-bond acceptors (Lipinski definition) is 0. The van der Waals surface area contributed by atoms with Crippen molar-refractivity contribution >= 4 is 98.0 Å². The number of para-hydroxylation sites is 6. The van der Waals surface area contributed by atoms with E-state index in [4.69, 9.17) is 0 Å². The van der Waals surface area contributed by atoms with Crippen LogP contribution in [0, 0.1) is 0 Å². The molecule has 0 amide bonds. The minimum absolute atomic E-state index is 1.16. The van der Waals surface area contributed by atoms with Crippen molar-refractivity contribution in [3.63, 3.8) is 0 Å². The first kappa shape index (κ1) is 33.5. The van der Waals surface area contributed by atoms with E-state index in [9.17, 15) is 0 Å². The fourth-order valence-electron chi connectivity index (χ4n) is 10.9. The summed E-state index contributed by atoms with van der Waals surface area (Å²) in [4.78, 5) is 0. The second-order valence-corrected chi connectivity index (χ2v) is 16.4. The summed E-state index contributed by atoms with van der Waals surface area (Å²) >= 11 is 0. The molecule has 14 aromatic rings. The van der Waals surface area contributed by atoms with Crippen molar-refractivity contribution < 1.29 is 0 Å². The van der Waals surface area contributed by atoms with Crippen molar-refractivity contribution in [3.8, 4) is 22.7 Å². The SMILES string of the molecule is c1ccc(-n2c3ccccc3c3c4c5ccccc5n(-c5cccc6c(-n7c8ccccc8c8c9c%10ccccc%10n(-c%10ccccc%10)c9ccc87)cccc56)c4ccc32)cc1. The third-order valence-electron chi connectivity index (χ3n) is 13.3. The highest BCUT2D eigenvalue weighted by Gasteiger charge is 2.24. The van der Waals surface area contributed by atoms with E-state index >= 15 is 0 Å². The average molecular weight is 789 g/mol. The smallest absolute Gasteiger partial charge is 0.0549 e. The van der Waals surface area contributed by atoms with Gasteiger partial charge in [-0.3, -0.25) is 0 Å². The largest absolute Gasteiger partial charge is 0.309 e. The van der Waals surface area contributed by atoms with Gasteiger partial charge >= 0.3 is 0 Å². The van der Waals surface area contributed by atoms with Gasteiger partial charge in [-0.25, -0.2) is 0 Å². The molecule has 0 radical (unpaired) electrons. The van der Waals surface area contributed by atoms with Crippen molar-refractivity contribution in [1.82, 2.24) is 18.3 Å². The van der Waals surface area contributed by atoms with E-state index in [1.807, 2.05) is 0 Å². The van der Waals surface area contributed by atoms with Gasteiger partial charge in [-0.05, 0) is 84.9 Å². The number of fused-ring (bicyclic) bond motifs is 15. The van der Waals surface area contributed by atoms with E-state index in [1.54, 1.807) is 0 Å². The minimum atomic E-state index is 1.16. The molecule has 4 heterocycles. The van der Waals surface area contributed by atoms with E-state index in [0.29, 0.717) is 0 Å². The van der Waals surface area contributed by atoms with Crippen LogP contribution in [0.4, 0.5) is 0 Å². The molecule has 0 aliphatic heterocycles. The quantitative estimate of drug-likeness (QED) is 0.169. The van der Waals surface area contributed by atoms with E-state index < -0.39 is 0 Å². The second-order valence-electron chi connectivity index (χ2n) is 16.4. The summed E-state index contributed by atoms with van der Waals surface area (Å²) < 4.78 is 9.83. The molecule has 0 atom stereocenters. The molecule has 0 unspecified atom stereocenters. The topological polar surface area (TPSA) is 19.7 Å². The van der Waals surface area contributed by atoms with E-state index in [0.717, 1.165) is 22.7 Å². The molecule has 4 nitrogen and oxygen atoms in total. The van der Waals surface area contributed by atoms with Crippen LogP contribution in [-0.4, -0.2) is 18.3 Å². The lowest BCUT2D eigenvalue weighted by Gasteiger charge is -2.16. The first-order valence-corrected chi connectivity index (χ1v) is 21.4. The molecule has 4 heteroatoms. The monoisotopic (exact) mass is 788 g/mol. The Hall–Kier alpha value is -8.34. The third-order valence-corrected chi connectivity index (χ3v) is 13.3. The van der Waals surface area contributed by atoms with E-state index in [2.05, 4.69) is 237 Å². The van der Waals surface area contributed by atoms with Crippen LogP contribution in [-0.2, 0) is 0 Å². The first-order valence-electron chi connectivity index (χ1n) is 21.4. The Morgan fingerprint density at radius 3 is 0.806 bits per heavy atom. The fourth-order valence-corrected chi connectivity index (χ4v) is 10.9. The van der Waals surface area contributed by atoms with Crippen molar-refractivity contribution in [3.05, 3.63) is 218 Å². The molecule has 0 saturated heterocycles. The number of rotatable bonds is 4. The van der Waals surface area contributed by atoms with Gasteiger partial charge in [0.1, 0.15) is 0 Å². The van der Waals surface area contributed by atoms with Crippen LogP contribution >= 0.6 is 0 Å². The molecule has 288 valence electrons. The van der Waals surface area contributed by atoms with Gasteiger partial charge in [0, 0.05) is 65.2 Å². The highest BCUT2D eigenvalue weighted by atomic mass is 15.0. The molecule has 4 aromatic heterocycles. The highest BCUT2D eigenvalue weighted by molar-refractivity contribution is 6.30. The number of benzene rings is 10. The van der Waals surface area contributed by atoms with Crippen molar-refractivity contribution in [2.24, 2.45) is 0 Å². The van der Waals surface area contributed by atoms with Crippen molar-refractivity contribution in [2.45, 2.75) is 0 Å². The number of nitrogens with zero attached hydrogens (tertiary/aromatic N) is 4. The van der Waals surface area contributed by atoms with Crippen molar-refractivity contribution in [2.75, 3.05) is 0 Å². The molecule has 0 aliphatic rings. The molecule has 0 spiro atoms. The molecule has 0 fully saturated rings. The summed E-state index contributed by atoms with van der Waals surface area (Å²) in [6.07, 6.45) is 0. The summed E-state index contributed by atoms with van der Waals surface area (Å²) in [6.45, 7) is 0. The van der Waals surface area contributed by atoms with Crippen LogP contribution in [0.3, 0.4) is 0 Å². The Bertz CT molecular complexity index is 3870. The molecular formula is C58H36N4. The third kappa shape index (κ3) is 4.40. The van der Waals surface area contributed by atoms with Crippen LogP contribution in [0.1, 0.15) is 0 Å².